The number of rotatable bonds is 9. The molecule has 2 unspecified atom stereocenters. The lowest BCUT2D eigenvalue weighted by Gasteiger charge is -2.18. The van der Waals surface area contributed by atoms with Gasteiger partial charge in [0, 0.05) is 31.4 Å². The Morgan fingerprint density at radius 1 is 1.07 bits per heavy atom. The fourth-order valence-electron chi connectivity index (χ4n) is 3.63. The number of carbonyl (C=O) groups excluding carboxylic acids is 1. The van der Waals surface area contributed by atoms with Gasteiger partial charge in [0.25, 0.3) is 0 Å². The van der Waals surface area contributed by atoms with Gasteiger partial charge < -0.3 is 15.0 Å². The molecule has 2 aromatic rings. The van der Waals surface area contributed by atoms with E-state index in [4.69, 9.17) is 4.74 Å². The van der Waals surface area contributed by atoms with E-state index >= 15 is 0 Å². The van der Waals surface area contributed by atoms with Crippen molar-refractivity contribution in [1.29, 1.82) is 0 Å². The third-order valence-corrected chi connectivity index (χ3v) is 5.42. The fraction of sp³-hybridized carbons (Fsp3) is 0.435. The van der Waals surface area contributed by atoms with Crippen LogP contribution in [0.1, 0.15) is 43.7 Å². The van der Waals surface area contributed by atoms with Gasteiger partial charge in [-0.05, 0) is 49.1 Å². The van der Waals surface area contributed by atoms with Crippen molar-refractivity contribution >= 4 is 11.7 Å². The van der Waals surface area contributed by atoms with Gasteiger partial charge in [0.1, 0.15) is 5.75 Å². The average molecular weight is 397 g/mol. The molecule has 0 aliphatic carbocycles. The van der Waals surface area contributed by atoms with Crippen LogP contribution >= 0.6 is 0 Å². The summed E-state index contributed by atoms with van der Waals surface area (Å²) < 4.78 is 5.13. The summed E-state index contributed by atoms with van der Waals surface area (Å²) in [7, 11) is 3.47. The molecule has 2 atom stereocenters. The fourth-order valence-corrected chi connectivity index (χ4v) is 3.63. The number of methoxy groups -OCH3 is 1. The third kappa shape index (κ3) is 6.48. The Kier molecular flexibility index (Phi) is 7.90. The highest BCUT2D eigenvalue weighted by molar-refractivity contribution is 5.89. The smallest absolute Gasteiger partial charge is 0.321 e. The van der Waals surface area contributed by atoms with Crippen LogP contribution in [0.3, 0.4) is 0 Å². The molecule has 29 heavy (non-hydrogen) atoms. The van der Waals surface area contributed by atoms with Crippen LogP contribution in [-0.4, -0.2) is 37.7 Å². The molecule has 156 valence electrons. The van der Waals surface area contributed by atoms with E-state index in [1.165, 1.54) is 5.56 Å². The summed E-state index contributed by atoms with van der Waals surface area (Å²) in [5, 5.41) is 2.91. The molecular formula is C23H32N4O2. The predicted octanol–water partition coefficient (Wildman–Crippen LogP) is 4.33. The Morgan fingerprint density at radius 2 is 1.83 bits per heavy atom. The van der Waals surface area contributed by atoms with Crippen molar-refractivity contribution in [3.63, 3.8) is 0 Å². The van der Waals surface area contributed by atoms with Crippen LogP contribution < -0.4 is 20.9 Å². The van der Waals surface area contributed by atoms with Gasteiger partial charge >= 0.3 is 6.03 Å². The second-order valence-corrected chi connectivity index (χ2v) is 7.61. The van der Waals surface area contributed by atoms with Gasteiger partial charge in [-0.15, -0.1) is 0 Å². The molecule has 2 amide bonds. The Bertz CT molecular complexity index is 751. The molecule has 0 bridgehead atoms. The van der Waals surface area contributed by atoms with Crippen LogP contribution in [0.5, 0.6) is 5.75 Å². The maximum absolute atomic E-state index is 12.3. The second kappa shape index (κ2) is 10.8. The van der Waals surface area contributed by atoms with Crippen molar-refractivity contribution in [3.8, 4) is 5.75 Å². The number of amides is 2. The molecule has 1 heterocycles. The number of hydrogen-bond donors (Lipinski definition) is 3. The van der Waals surface area contributed by atoms with E-state index in [1.54, 1.807) is 12.0 Å². The molecule has 3 N–H and O–H groups in total. The molecule has 2 aromatic carbocycles. The van der Waals surface area contributed by atoms with Gasteiger partial charge in [-0.2, -0.15) is 0 Å². The molecule has 1 saturated heterocycles. The molecule has 0 radical (unpaired) electrons. The van der Waals surface area contributed by atoms with Crippen LogP contribution in [0.4, 0.5) is 10.5 Å². The van der Waals surface area contributed by atoms with Gasteiger partial charge in [-0.1, -0.05) is 43.2 Å². The Hall–Kier alpha value is -2.57. The van der Waals surface area contributed by atoms with Crippen molar-refractivity contribution < 1.29 is 9.53 Å². The minimum absolute atomic E-state index is 0.0810. The summed E-state index contributed by atoms with van der Waals surface area (Å²) >= 11 is 0. The lowest BCUT2D eigenvalue weighted by atomic mass is 9.99. The number of hydrazine groups is 1. The van der Waals surface area contributed by atoms with E-state index in [-0.39, 0.29) is 6.03 Å². The first kappa shape index (κ1) is 21.1. The number of urea groups is 1. The van der Waals surface area contributed by atoms with Gasteiger partial charge in [0.15, 0.2) is 0 Å². The van der Waals surface area contributed by atoms with Gasteiger partial charge in [0.2, 0.25) is 0 Å². The van der Waals surface area contributed by atoms with E-state index in [9.17, 15) is 4.79 Å². The summed E-state index contributed by atoms with van der Waals surface area (Å²) in [6.07, 6.45) is 5.56. The lowest BCUT2D eigenvalue weighted by Crippen LogP contribution is -2.32. The van der Waals surface area contributed by atoms with E-state index < -0.39 is 0 Å². The van der Waals surface area contributed by atoms with Crippen molar-refractivity contribution in [3.05, 3.63) is 60.2 Å². The van der Waals surface area contributed by atoms with Crippen LogP contribution in [0, 0.1) is 0 Å². The molecule has 6 heteroatoms. The topological polar surface area (TPSA) is 65.6 Å². The molecule has 0 spiro atoms. The molecule has 1 aliphatic heterocycles. The van der Waals surface area contributed by atoms with Crippen LogP contribution in [0.25, 0.3) is 0 Å². The van der Waals surface area contributed by atoms with Gasteiger partial charge in [0.05, 0.1) is 7.11 Å². The Morgan fingerprint density at radius 3 is 2.55 bits per heavy atom. The lowest BCUT2D eigenvalue weighted by molar-refractivity contribution is 0.221. The number of nitrogens with one attached hydrogen (secondary N) is 3. The SMILES string of the molecule is COc1ccc(NC(=O)N(C)CCCCCC2CC(c3ccccc3)NN2)cc1. The van der Waals surface area contributed by atoms with Crippen molar-refractivity contribution in [1.82, 2.24) is 15.8 Å². The second-order valence-electron chi connectivity index (χ2n) is 7.61. The molecule has 3 rings (SSSR count). The third-order valence-electron chi connectivity index (χ3n) is 5.42. The highest BCUT2D eigenvalue weighted by Gasteiger charge is 2.24. The zero-order chi connectivity index (χ0) is 20.5. The zero-order valence-electron chi connectivity index (χ0n) is 17.4. The maximum Gasteiger partial charge on any atom is 0.321 e. The number of unbranched alkanes of at least 4 members (excludes halogenated alkanes) is 2. The highest BCUT2D eigenvalue weighted by atomic mass is 16.5. The minimum Gasteiger partial charge on any atom is -0.497 e. The number of hydrogen-bond acceptors (Lipinski definition) is 4. The van der Waals surface area contributed by atoms with E-state index in [1.807, 2.05) is 31.3 Å². The molecule has 1 fully saturated rings. The minimum atomic E-state index is -0.0810. The number of nitrogens with zero attached hydrogens (tertiary/aromatic N) is 1. The van der Waals surface area contributed by atoms with Gasteiger partial charge in [-0.25, -0.2) is 4.79 Å². The monoisotopic (exact) mass is 396 g/mol. The first-order chi connectivity index (χ1) is 14.2. The molecule has 1 aliphatic rings. The van der Waals surface area contributed by atoms with Crippen molar-refractivity contribution in [2.45, 2.75) is 44.2 Å². The summed E-state index contributed by atoms with van der Waals surface area (Å²) in [5.41, 5.74) is 8.95. The Balaban J connectivity index is 1.28. The van der Waals surface area contributed by atoms with E-state index in [0.717, 1.165) is 50.1 Å². The van der Waals surface area contributed by atoms with Crippen molar-refractivity contribution in [2.75, 3.05) is 26.0 Å². The molecule has 0 saturated carbocycles. The predicted molar refractivity (Wildman–Crippen MR) is 117 cm³/mol. The van der Waals surface area contributed by atoms with E-state index in [2.05, 4.69) is 46.5 Å². The summed E-state index contributed by atoms with van der Waals surface area (Å²) in [6, 6.07) is 18.8. The molecular weight excluding hydrogens is 364 g/mol. The Labute approximate surface area is 173 Å². The zero-order valence-corrected chi connectivity index (χ0v) is 17.4. The first-order valence-corrected chi connectivity index (χ1v) is 10.4. The highest BCUT2D eigenvalue weighted by Crippen LogP contribution is 2.24. The number of carbonyl (C=O) groups is 1. The standard InChI is InChI=1S/C23H32N4O2/c1-27(23(28)24-19-12-14-21(29-2)15-13-19)16-8-4-7-11-20-17-22(26-25-20)18-9-5-3-6-10-18/h3,5-6,9-10,12-15,20,22,25-26H,4,7-8,11,16-17H2,1-2H3,(H,24,28). The van der Waals surface area contributed by atoms with E-state index in [0.29, 0.717) is 12.1 Å². The van der Waals surface area contributed by atoms with Crippen LogP contribution in [0.2, 0.25) is 0 Å². The number of anilines is 1. The van der Waals surface area contributed by atoms with Crippen LogP contribution in [-0.2, 0) is 0 Å². The van der Waals surface area contributed by atoms with Crippen LogP contribution in [0.15, 0.2) is 54.6 Å². The summed E-state index contributed by atoms with van der Waals surface area (Å²) in [5.74, 6) is 0.776. The number of ether oxygens (including phenoxy) is 1. The van der Waals surface area contributed by atoms with Crippen molar-refractivity contribution in [2.24, 2.45) is 0 Å². The maximum atomic E-state index is 12.3. The molecule has 6 nitrogen and oxygen atoms in total. The number of benzene rings is 2. The summed E-state index contributed by atoms with van der Waals surface area (Å²) in [4.78, 5) is 14.0. The average Bonchev–Trinajstić information content (AvgIpc) is 3.23. The van der Waals surface area contributed by atoms with Gasteiger partial charge in [-0.3, -0.25) is 10.9 Å². The first-order valence-electron chi connectivity index (χ1n) is 10.4. The quantitative estimate of drug-likeness (QED) is 0.552. The normalized spacial score (nSPS) is 18.4. The molecule has 0 aromatic heterocycles. The summed E-state index contributed by atoms with van der Waals surface area (Å²) in [6.45, 7) is 0.755. The largest absolute Gasteiger partial charge is 0.497 e.